The van der Waals surface area contributed by atoms with Gasteiger partial charge in [0, 0.05) is 11.8 Å². The van der Waals surface area contributed by atoms with Gasteiger partial charge in [-0.3, -0.25) is 19.2 Å². The molecule has 0 saturated heterocycles. The van der Waals surface area contributed by atoms with E-state index in [1.54, 1.807) is 24.3 Å². The summed E-state index contributed by atoms with van der Waals surface area (Å²) in [6, 6.07) is 6.62. The second-order valence-corrected chi connectivity index (χ2v) is 6.24. The molecule has 30 heavy (non-hydrogen) atoms. The van der Waals surface area contributed by atoms with Gasteiger partial charge in [0.05, 0.1) is 28.4 Å². The molecule has 0 aliphatic rings. The van der Waals surface area contributed by atoms with Crippen molar-refractivity contribution in [1.82, 2.24) is 0 Å². The Morgan fingerprint density at radius 2 is 0.867 bits per heavy atom. The van der Waals surface area contributed by atoms with Crippen LogP contribution in [0.2, 0.25) is 0 Å². The monoisotopic (exact) mass is 418 g/mol. The van der Waals surface area contributed by atoms with Gasteiger partial charge >= 0.3 is 23.9 Å². The third-order valence-corrected chi connectivity index (χ3v) is 4.75. The summed E-state index contributed by atoms with van der Waals surface area (Å²) >= 11 is 0. The van der Waals surface area contributed by atoms with Crippen molar-refractivity contribution in [3.05, 3.63) is 60.7 Å². The van der Waals surface area contributed by atoms with Crippen molar-refractivity contribution >= 4 is 23.9 Å². The molecule has 0 bridgehead atoms. The van der Waals surface area contributed by atoms with Crippen molar-refractivity contribution < 1.29 is 38.1 Å². The van der Waals surface area contributed by atoms with Crippen LogP contribution in [0.3, 0.4) is 0 Å². The van der Waals surface area contributed by atoms with Gasteiger partial charge in [0.25, 0.3) is 0 Å². The average Bonchev–Trinajstić information content (AvgIpc) is 2.79. The molecule has 0 N–H and O–H groups in total. The molecule has 8 heteroatoms. The van der Waals surface area contributed by atoms with Gasteiger partial charge in [0.15, 0.2) is 11.8 Å². The smallest absolute Gasteiger partial charge is 0.321 e. The predicted molar refractivity (Wildman–Crippen MR) is 107 cm³/mol. The summed E-state index contributed by atoms with van der Waals surface area (Å²) < 4.78 is 18.9. The average molecular weight is 418 g/mol. The molecule has 0 spiro atoms. The van der Waals surface area contributed by atoms with E-state index in [0.29, 0.717) is 11.1 Å². The molecule has 1 aromatic rings. The number of hydrogen-bond donors (Lipinski definition) is 0. The minimum Gasteiger partial charge on any atom is -0.468 e. The zero-order valence-corrected chi connectivity index (χ0v) is 17.5. The Morgan fingerprint density at radius 3 is 1.03 bits per heavy atom. The van der Waals surface area contributed by atoms with Crippen LogP contribution < -0.4 is 0 Å². The predicted octanol–water partition coefficient (Wildman–Crippen LogP) is 2.15. The van der Waals surface area contributed by atoms with Crippen molar-refractivity contribution in [2.24, 2.45) is 11.8 Å². The fraction of sp³-hybridized carbons (Fsp3) is 0.364. The zero-order valence-electron chi connectivity index (χ0n) is 17.5. The second kappa shape index (κ2) is 11.5. The van der Waals surface area contributed by atoms with Crippen LogP contribution in [0.5, 0.6) is 0 Å². The molecule has 2 atom stereocenters. The maximum atomic E-state index is 12.1. The zero-order chi connectivity index (χ0) is 22.8. The Balaban J connectivity index is 3.34. The number of esters is 4. The third-order valence-electron chi connectivity index (χ3n) is 4.75. The van der Waals surface area contributed by atoms with E-state index in [2.05, 4.69) is 13.2 Å². The molecule has 0 heterocycles. The first-order chi connectivity index (χ1) is 14.3. The van der Waals surface area contributed by atoms with E-state index in [0.717, 1.165) is 0 Å². The molecule has 0 radical (unpaired) electrons. The highest BCUT2D eigenvalue weighted by molar-refractivity contribution is 5.97. The van der Waals surface area contributed by atoms with Crippen LogP contribution in [0.25, 0.3) is 0 Å². The van der Waals surface area contributed by atoms with Gasteiger partial charge in [-0.2, -0.15) is 0 Å². The number of benzene rings is 1. The molecule has 0 fully saturated rings. The minimum absolute atomic E-state index is 0.588. The van der Waals surface area contributed by atoms with Crippen LogP contribution in [0.1, 0.15) is 23.0 Å². The molecule has 0 aromatic heterocycles. The maximum absolute atomic E-state index is 12.1. The summed E-state index contributed by atoms with van der Waals surface area (Å²) in [5.74, 6) is -6.89. The van der Waals surface area contributed by atoms with Crippen molar-refractivity contribution in [2.75, 3.05) is 28.4 Å². The van der Waals surface area contributed by atoms with Gasteiger partial charge < -0.3 is 18.9 Å². The Bertz CT molecular complexity index is 697. The lowest BCUT2D eigenvalue weighted by atomic mass is 9.82. The van der Waals surface area contributed by atoms with Crippen LogP contribution in [0, 0.1) is 11.8 Å². The van der Waals surface area contributed by atoms with E-state index in [4.69, 9.17) is 18.9 Å². The standard InChI is InChI=1S/C22H26O8/c1-7-15(17(19(23)27-3)20(24)28-4)13-9-11-14(12-10-13)16(8-2)18(21(25)29-5)22(26)30-6/h7-12,15-18H,1-2H2,3-6H3. The Labute approximate surface area is 175 Å². The molecule has 162 valence electrons. The van der Waals surface area contributed by atoms with Crippen molar-refractivity contribution in [1.29, 1.82) is 0 Å². The fourth-order valence-electron chi connectivity index (χ4n) is 3.16. The van der Waals surface area contributed by atoms with Gasteiger partial charge in [-0.25, -0.2) is 0 Å². The molecule has 1 aromatic carbocycles. The quantitative estimate of drug-likeness (QED) is 0.246. The summed E-state index contributed by atoms with van der Waals surface area (Å²) in [7, 11) is 4.71. The molecule has 0 saturated carbocycles. The summed E-state index contributed by atoms with van der Waals surface area (Å²) in [6.45, 7) is 7.42. The van der Waals surface area contributed by atoms with Crippen LogP contribution >= 0.6 is 0 Å². The van der Waals surface area contributed by atoms with Crippen LogP contribution in [0.15, 0.2) is 49.6 Å². The van der Waals surface area contributed by atoms with E-state index in [-0.39, 0.29) is 0 Å². The van der Waals surface area contributed by atoms with E-state index in [1.165, 1.54) is 40.6 Å². The molecule has 8 nitrogen and oxygen atoms in total. The van der Waals surface area contributed by atoms with Crippen LogP contribution in [-0.2, 0) is 38.1 Å². The van der Waals surface area contributed by atoms with Crippen LogP contribution in [0.4, 0.5) is 0 Å². The Kier molecular flexibility index (Phi) is 9.48. The van der Waals surface area contributed by atoms with Crippen molar-refractivity contribution in [3.63, 3.8) is 0 Å². The summed E-state index contributed by atoms with van der Waals surface area (Å²) in [5.41, 5.74) is 1.18. The number of rotatable bonds is 10. The van der Waals surface area contributed by atoms with E-state index >= 15 is 0 Å². The first-order valence-corrected chi connectivity index (χ1v) is 8.97. The van der Waals surface area contributed by atoms with E-state index in [1.807, 2.05) is 0 Å². The van der Waals surface area contributed by atoms with Gasteiger partial charge in [-0.05, 0) is 11.1 Å². The molecular weight excluding hydrogens is 392 g/mol. The number of methoxy groups -OCH3 is 4. The lowest BCUT2D eigenvalue weighted by molar-refractivity contribution is -0.161. The molecule has 2 unspecified atom stereocenters. The molecular formula is C22H26O8. The van der Waals surface area contributed by atoms with E-state index in [9.17, 15) is 19.2 Å². The highest BCUT2D eigenvalue weighted by atomic mass is 16.5. The topological polar surface area (TPSA) is 105 Å². The van der Waals surface area contributed by atoms with Gasteiger partial charge in [0.2, 0.25) is 0 Å². The van der Waals surface area contributed by atoms with Crippen LogP contribution in [-0.4, -0.2) is 52.3 Å². The second-order valence-electron chi connectivity index (χ2n) is 6.24. The normalized spacial score (nSPS) is 12.5. The third kappa shape index (κ3) is 5.34. The highest BCUT2D eigenvalue weighted by Gasteiger charge is 2.38. The Morgan fingerprint density at radius 1 is 0.633 bits per heavy atom. The number of carbonyl (C=O) groups is 4. The molecule has 0 aliphatic heterocycles. The molecule has 0 amide bonds. The maximum Gasteiger partial charge on any atom is 0.321 e. The fourth-order valence-corrected chi connectivity index (χ4v) is 3.16. The van der Waals surface area contributed by atoms with Gasteiger partial charge in [-0.1, -0.05) is 36.4 Å². The SMILES string of the molecule is C=CC(c1ccc(C(C=C)C(C(=O)OC)C(=O)OC)cc1)C(C(=O)OC)C(=O)OC. The highest BCUT2D eigenvalue weighted by Crippen LogP contribution is 2.32. The summed E-state index contributed by atoms with van der Waals surface area (Å²) in [5, 5.41) is 0. The lowest BCUT2D eigenvalue weighted by Crippen LogP contribution is -2.32. The minimum atomic E-state index is -1.23. The first kappa shape index (κ1) is 24.6. The largest absolute Gasteiger partial charge is 0.468 e. The van der Waals surface area contributed by atoms with Gasteiger partial charge in [-0.15, -0.1) is 13.2 Å². The first-order valence-electron chi connectivity index (χ1n) is 8.97. The number of allylic oxidation sites excluding steroid dienone is 2. The van der Waals surface area contributed by atoms with Crippen molar-refractivity contribution in [2.45, 2.75) is 11.8 Å². The van der Waals surface area contributed by atoms with E-state index < -0.39 is 47.5 Å². The van der Waals surface area contributed by atoms with Gasteiger partial charge in [0.1, 0.15) is 0 Å². The number of carbonyl (C=O) groups excluding carboxylic acids is 4. The molecule has 1 rings (SSSR count). The Hall–Kier alpha value is -3.42. The number of hydrogen-bond acceptors (Lipinski definition) is 8. The summed E-state index contributed by atoms with van der Waals surface area (Å²) in [4.78, 5) is 48.5. The molecule has 0 aliphatic carbocycles. The lowest BCUT2D eigenvalue weighted by Gasteiger charge is -2.23. The van der Waals surface area contributed by atoms with Crippen molar-refractivity contribution in [3.8, 4) is 0 Å². The summed E-state index contributed by atoms with van der Waals surface area (Å²) in [6.07, 6.45) is 2.90. The number of ether oxygens (including phenoxy) is 4.